The van der Waals surface area contributed by atoms with E-state index in [1.54, 1.807) is 11.8 Å². The molecule has 2 aromatic rings. The summed E-state index contributed by atoms with van der Waals surface area (Å²) < 4.78 is 0. The summed E-state index contributed by atoms with van der Waals surface area (Å²) >= 11 is 1.59. The van der Waals surface area contributed by atoms with Crippen molar-refractivity contribution in [3.05, 3.63) is 59.2 Å². The highest BCUT2D eigenvalue weighted by molar-refractivity contribution is 8.00. The highest BCUT2D eigenvalue weighted by Gasteiger charge is 2.17. The molecule has 2 rings (SSSR count). The topological polar surface area (TPSA) is 29.1 Å². The van der Waals surface area contributed by atoms with Gasteiger partial charge < -0.3 is 5.32 Å². The Morgan fingerprint density at radius 2 is 1.61 bits per heavy atom. The molecule has 2 nitrogen and oxygen atoms in total. The molecule has 2 aromatic carbocycles. The minimum Gasteiger partial charge on any atom is -0.325 e. The van der Waals surface area contributed by atoms with Crippen LogP contribution in [0, 0.1) is 6.92 Å². The first kappa shape index (κ1) is 17.6. The van der Waals surface area contributed by atoms with Gasteiger partial charge in [-0.25, -0.2) is 0 Å². The molecule has 0 spiro atoms. The van der Waals surface area contributed by atoms with Gasteiger partial charge in [0.2, 0.25) is 5.91 Å². The average molecular weight is 327 g/mol. The monoisotopic (exact) mass is 327 g/mol. The van der Waals surface area contributed by atoms with E-state index in [4.69, 9.17) is 0 Å². The number of para-hydroxylation sites is 1. The summed E-state index contributed by atoms with van der Waals surface area (Å²) in [6.07, 6.45) is 1.84. The Balaban J connectivity index is 2.10. The molecule has 0 aromatic heterocycles. The first-order chi connectivity index (χ1) is 11.0. The maximum absolute atomic E-state index is 12.6. The van der Waals surface area contributed by atoms with Gasteiger partial charge in [-0.05, 0) is 49.9 Å². The van der Waals surface area contributed by atoms with Crippen molar-refractivity contribution in [2.24, 2.45) is 0 Å². The van der Waals surface area contributed by atoms with Gasteiger partial charge in [-0.3, -0.25) is 4.79 Å². The number of amides is 1. The Morgan fingerprint density at radius 3 is 2.13 bits per heavy atom. The van der Waals surface area contributed by atoms with Crippen LogP contribution in [0.15, 0.2) is 47.4 Å². The molecule has 122 valence electrons. The van der Waals surface area contributed by atoms with E-state index in [0.29, 0.717) is 0 Å². The highest BCUT2D eigenvalue weighted by atomic mass is 32.2. The van der Waals surface area contributed by atoms with Gasteiger partial charge >= 0.3 is 0 Å². The van der Waals surface area contributed by atoms with Crippen LogP contribution in [-0.4, -0.2) is 11.2 Å². The van der Waals surface area contributed by atoms with Crippen molar-refractivity contribution in [1.82, 2.24) is 0 Å². The smallest absolute Gasteiger partial charge is 0.237 e. The lowest BCUT2D eigenvalue weighted by Gasteiger charge is -2.17. The minimum absolute atomic E-state index is 0.0613. The summed E-state index contributed by atoms with van der Waals surface area (Å²) in [7, 11) is 0. The number of aryl methyl sites for hydroxylation is 3. The normalized spacial score (nSPS) is 12.0. The van der Waals surface area contributed by atoms with Gasteiger partial charge in [0.1, 0.15) is 0 Å². The first-order valence-corrected chi connectivity index (χ1v) is 9.08. The third-order valence-electron chi connectivity index (χ3n) is 3.95. The summed E-state index contributed by atoms with van der Waals surface area (Å²) in [5.74, 6) is 0.0613. The Hall–Kier alpha value is -1.74. The van der Waals surface area contributed by atoms with Gasteiger partial charge in [0.05, 0.1) is 5.25 Å². The molecule has 0 radical (unpaired) electrons. The number of benzene rings is 2. The molecule has 0 aliphatic carbocycles. The lowest BCUT2D eigenvalue weighted by atomic mass is 10.0. The third-order valence-corrected chi connectivity index (χ3v) is 5.06. The average Bonchev–Trinajstić information content (AvgIpc) is 2.56. The van der Waals surface area contributed by atoms with E-state index in [-0.39, 0.29) is 11.2 Å². The summed E-state index contributed by atoms with van der Waals surface area (Å²) in [5, 5.41) is 3.02. The molecule has 3 heteroatoms. The van der Waals surface area contributed by atoms with E-state index in [0.717, 1.165) is 23.4 Å². The zero-order valence-corrected chi connectivity index (χ0v) is 15.2. The van der Waals surface area contributed by atoms with Crippen molar-refractivity contribution in [1.29, 1.82) is 0 Å². The number of carbonyl (C=O) groups excluding carboxylic acids is 1. The molecule has 0 heterocycles. The van der Waals surface area contributed by atoms with Gasteiger partial charge in [-0.2, -0.15) is 0 Å². The van der Waals surface area contributed by atoms with E-state index >= 15 is 0 Å². The van der Waals surface area contributed by atoms with Gasteiger partial charge in [-0.1, -0.05) is 49.7 Å². The number of thioether (sulfide) groups is 1. The largest absolute Gasteiger partial charge is 0.325 e. The van der Waals surface area contributed by atoms with E-state index in [9.17, 15) is 4.79 Å². The summed E-state index contributed by atoms with van der Waals surface area (Å²) in [6.45, 7) is 8.27. The third kappa shape index (κ3) is 4.61. The molecule has 0 saturated heterocycles. The molecule has 1 amide bonds. The second kappa shape index (κ2) is 8.21. The minimum atomic E-state index is -0.132. The lowest BCUT2D eigenvalue weighted by Crippen LogP contribution is -2.23. The fourth-order valence-electron chi connectivity index (χ4n) is 2.50. The van der Waals surface area contributed by atoms with Gasteiger partial charge in [0.15, 0.2) is 0 Å². The Bertz CT molecular complexity index is 642. The van der Waals surface area contributed by atoms with Crippen LogP contribution in [0.4, 0.5) is 5.69 Å². The fraction of sp³-hybridized carbons (Fsp3) is 0.350. The Labute approximate surface area is 143 Å². The molecule has 0 unspecified atom stereocenters. The van der Waals surface area contributed by atoms with Crippen molar-refractivity contribution in [3.63, 3.8) is 0 Å². The molecule has 0 fully saturated rings. The Morgan fingerprint density at radius 1 is 1.04 bits per heavy atom. The molecular formula is C20H25NOS. The maximum atomic E-state index is 12.6. The van der Waals surface area contributed by atoms with Crippen LogP contribution in [0.2, 0.25) is 0 Å². The van der Waals surface area contributed by atoms with Crippen molar-refractivity contribution in [2.75, 3.05) is 5.32 Å². The van der Waals surface area contributed by atoms with Crippen molar-refractivity contribution >= 4 is 23.4 Å². The standard InChI is InChI=1S/C20H25NOS/c1-5-16-8-7-9-17(6-2)19(16)21-20(22)15(4)23-18-12-10-14(3)11-13-18/h7-13,15H,5-6H2,1-4H3,(H,21,22)/t15-/m1/s1. The van der Waals surface area contributed by atoms with Crippen LogP contribution in [0.3, 0.4) is 0 Å². The molecule has 0 aliphatic heterocycles. The van der Waals surface area contributed by atoms with Crippen LogP contribution < -0.4 is 5.32 Å². The molecule has 0 saturated carbocycles. The second-order valence-electron chi connectivity index (χ2n) is 5.72. The van der Waals surface area contributed by atoms with Crippen LogP contribution >= 0.6 is 11.8 Å². The number of hydrogen-bond acceptors (Lipinski definition) is 2. The van der Waals surface area contributed by atoms with Crippen molar-refractivity contribution in [3.8, 4) is 0 Å². The molecule has 1 atom stereocenters. The van der Waals surface area contributed by atoms with E-state index in [1.807, 2.05) is 6.92 Å². The second-order valence-corrected chi connectivity index (χ2v) is 7.13. The number of carbonyl (C=O) groups is 1. The van der Waals surface area contributed by atoms with Crippen LogP contribution in [0.5, 0.6) is 0 Å². The zero-order chi connectivity index (χ0) is 16.8. The van der Waals surface area contributed by atoms with Crippen molar-refractivity contribution < 1.29 is 4.79 Å². The lowest BCUT2D eigenvalue weighted by molar-refractivity contribution is -0.115. The van der Waals surface area contributed by atoms with E-state index < -0.39 is 0 Å². The predicted octanol–water partition coefficient (Wildman–Crippen LogP) is 5.24. The summed E-state index contributed by atoms with van der Waals surface area (Å²) in [5.41, 5.74) is 4.63. The SMILES string of the molecule is CCc1cccc(CC)c1NC(=O)[C@@H](C)Sc1ccc(C)cc1. The summed E-state index contributed by atoms with van der Waals surface area (Å²) in [6, 6.07) is 14.5. The molecule has 23 heavy (non-hydrogen) atoms. The number of rotatable bonds is 6. The van der Waals surface area contributed by atoms with Crippen LogP contribution in [-0.2, 0) is 17.6 Å². The number of nitrogens with one attached hydrogen (secondary N) is 1. The van der Waals surface area contributed by atoms with Crippen molar-refractivity contribution in [2.45, 2.75) is 50.7 Å². The fourth-order valence-corrected chi connectivity index (χ4v) is 3.37. The van der Waals surface area contributed by atoms with Crippen LogP contribution in [0.1, 0.15) is 37.5 Å². The van der Waals surface area contributed by atoms with Gasteiger partial charge in [0, 0.05) is 10.6 Å². The van der Waals surface area contributed by atoms with Gasteiger partial charge in [-0.15, -0.1) is 11.8 Å². The van der Waals surface area contributed by atoms with Gasteiger partial charge in [0.25, 0.3) is 0 Å². The molecule has 0 bridgehead atoms. The molecular weight excluding hydrogens is 302 g/mol. The van der Waals surface area contributed by atoms with E-state index in [2.05, 4.69) is 68.6 Å². The summed E-state index contributed by atoms with van der Waals surface area (Å²) in [4.78, 5) is 13.7. The molecule has 0 aliphatic rings. The number of hydrogen-bond donors (Lipinski definition) is 1. The van der Waals surface area contributed by atoms with E-state index in [1.165, 1.54) is 16.7 Å². The first-order valence-electron chi connectivity index (χ1n) is 8.20. The maximum Gasteiger partial charge on any atom is 0.237 e. The Kier molecular flexibility index (Phi) is 6.28. The molecule has 1 N–H and O–H groups in total. The van der Waals surface area contributed by atoms with Crippen LogP contribution in [0.25, 0.3) is 0 Å². The number of anilines is 1. The quantitative estimate of drug-likeness (QED) is 0.735. The predicted molar refractivity (Wildman–Crippen MR) is 100 cm³/mol. The highest BCUT2D eigenvalue weighted by Crippen LogP contribution is 2.27. The zero-order valence-electron chi connectivity index (χ0n) is 14.3.